The van der Waals surface area contributed by atoms with Gasteiger partial charge in [0.2, 0.25) is 0 Å². The van der Waals surface area contributed by atoms with Crippen LogP contribution in [-0.4, -0.2) is 6.61 Å². The molecular weight excluding hydrogens is 737 g/mol. The summed E-state index contributed by atoms with van der Waals surface area (Å²) in [6, 6.07) is 0. The van der Waals surface area contributed by atoms with E-state index < -0.39 is 0 Å². The van der Waals surface area contributed by atoms with Gasteiger partial charge in [-0.1, -0.05) is 273 Å². The minimum Gasteiger partial charge on any atom is -0.493 e. The maximum Gasteiger partial charge on any atom is 0.126 e. The van der Waals surface area contributed by atoms with Gasteiger partial charge >= 0.3 is 0 Å². The Hall–Kier alpha value is -0.980. The van der Waals surface area contributed by atoms with Crippen LogP contribution in [0, 0.1) is 0 Å². The molecule has 0 bridgehead atoms. The van der Waals surface area contributed by atoms with E-state index in [-0.39, 0.29) is 0 Å². The van der Waals surface area contributed by atoms with Crippen molar-refractivity contribution in [2.75, 3.05) is 6.61 Å². The van der Waals surface area contributed by atoms with E-state index in [0.717, 1.165) is 6.61 Å². The van der Waals surface area contributed by atoms with Gasteiger partial charge in [-0.15, -0.1) is 0 Å². The molecule has 0 aromatic heterocycles. The van der Waals surface area contributed by atoms with E-state index in [0.29, 0.717) is 0 Å². The molecule has 0 spiro atoms. The number of benzene rings is 1. The molecule has 61 heavy (non-hydrogen) atoms. The lowest BCUT2D eigenvalue weighted by Gasteiger charge is -2.28. The average Bonchev–Trinajstić information content (AvgIpc) is 3.27. The average molecular weight is 852 g/mol. The summed E-state index contributed by atoms with van der Waals surface area (Å²) in [4.78, 5) is 0. The standard InChI is InChI=1S/C60H114O/c1-7-13-19-25-31-37-43-49-55-56(50-44-38-32-26-20-14-8-2)58(52-46-40-34-28-22-16-10-4)60(61-54-48-42-36-30-24-18-12-6)59(53-47-41-35-29-23-17-11-5)57(55)51-45-39-33-27-21-15-9-3/h7-54H2,1-6H3. The zero-order valence-electron chi connectivity index (χ0n) is 43.3. The van der Waals surface area contributed by atoms with Crippen molar-refractivity contribution in [2.24, 2.45) is 0 Å². The largest absolute Gasteiger partial charge is 0.493 e. The SMILES string of the molecule is CCCCCCCCCOc1c(CCCCCCCCC)c(CCCCCCCCC)c(CCCCCCCCC)c(CCCCCCCCC)c1CCCCCCCCC. The Morgan fingerprint density at radius 2 is 0.377 bits per heavy atom. The molecule has 0 heterocycles. The molecule has 1 aromatic carbocycles. The lowest BCUT2D eigenvalue weighted by Crippen LogP contribution is -2.15. The second-order valence-corrected chi connectivity index (χ2v) is 20.0. The second kappa shape index (κ2) is 45.6. The third-order valence-corrected chi connectivity index (χ3v) is 14.2. The zero-order valence-corrected chi connectivity index (χ0v) is 43.3. The first-order chi connectivity index (χ1) is 30.2. The number of hydrogen-bond acceptors (Lipinski definition) is 1. The minimum atomic E-state index is 0.923. The highest BCUT2D eigenvalue weighted by atomic mass is 16.5. The third kappa shape index (κ3) is 31.5. The molecule has 0 radical (unpaired) electrons. The fraction of sp³-hybridized carbons (Fsp3) is 0.900. The van der Waals surface area contributed by atoms with Crippen LogP contribution in [0.5, 0.6) is 5.75 Å². The van der Waals surface area contributed by atoms with E-state index in [2.05, 4.69) is 41.5 Å². The van der Waals surface area contributed by atoms with Crippen LogP contribution in [0.3, 0.4) is 0 Å². The Bertz CT molecular complexity index is 977. The summed E-state index contributed by atoms with van der Waals surface area (Å²) in [7, 11) is 0. The predicted molar refractivity (Wildman–Crippen MR) is 278 cm³/mol. The van der Waals surface area contributed by atoms with Crippen LogP contribution in [0.4, 0.5) is 0 Å². The summed E-state index contributed by atoms with van der Waals surface area (Å²) < 4.78 is 7.38. The molecule has 0 aliphatic carbocycles. The van der Waals surface area contributed by atoms with Crippen molar-refractivity contribution >= 4 is 0 Å². The molecule has 0 fully saturated rings. The van der Waals surface area contributed by atoms with Crippen molar-refractivity contribution in [2.45, 2.75) is 343 Å². The van der Waals surface area contributed by atoms with Crippen molar-refractivity contribution in [3.63, 3.8) is 0 Å². The summed E-state index contributed by atoms with van der Waals surface area (Å²) in [6.45, 7) is 15.0. The molecule has 0 amide bonds. The van der Waals surface area contributed by atoms with Crippen LogP contribution in [0.25, 0.3) is 0 Å². The molecule has 0 aliphatic rings. The highest BCUT2D eigenvalue weighted by Gasteiger charge is 2.24. The summed E-state index contributed by atoms with van der Waals surface area (Å²) in [5.74, 6) is 1.43. The molecule has 0 atom stereocenters. The zero-order chi connectivity index (χ0) is 44.1. The molecule has 360 valence electrons. The van der Waals surface area contributed by atoms with Gasteiger partial charge in [0.05, 0.1) is 6.61 Å². The van der Waals surface area contributed by atoms with E-state index in [1.807, 2.05) is 5.56 Å². The molecule has 0 aliphatic heterocycles. The smallest absolute Gasteiger partial charge is 0.126 e. The van der Waals surface area contributed by atoms with Crippen molar-refractivity contribution in [3.8, 4) is 5.75 Å². The van der Waals surface area contributed by atoms with Crippen LogP contribution in [0.1, 0.15) is 339 Å². The normalized spacial score (nSPS) is 11.6. The minimum absolute atomic E-state index is 0.923. The third-order valence-electron chi connectivity index (χ3n) is 14.2. The van der Waals surface area contributed by atoms with Gasteiger partial charge in [0.15, 0.2) is 0 Å². The van der Waals surface area contributed by atoms with Gasteiger partial charge in [0.1, 0.15) is 5.75 Å². The van der Waals surface area contributed by atoms with Gasteiger partial charge in [-0.25, -0.2) is 0 Å². The second-order valence-electron chi connectivity index (χ2n) is 20.0. The Kier molecular flexibility index (Phi) is 43.4. The molecule has 0 saturated heterocycles. The molecule has 1 nitrogen and oxygen atoms in total. The van der Waals surface area contributed by atoms with Gasteiger partial charge in [-0.05, 0) is 98.4 Å². The summed E-state index contributed by atoms with van der Waals surface area (Å²) in [6.07, 6.45) is 64.8. The maximum atomic E-state index is 7.38. The van der Waals surface area contributed by atoms with Crippen molar-refractivity contribution in [1.82, 2.24) is 0 Å². The number of unbranched alkanes of at least 4 members (excludes halogenated alkanes) is 36. The Balaban J connectivity index is 3.72. The van der Waals surface area contributed by atoms with Crippen LogP contribution < -0.4 is 4.74 Å². The van der Waals surface area contributed by atoms with Gasteiger partial charge in [0.25, 0.3) is 0 Å². The number of ether oxygens (including phenoxy) is 1. The Morgan fingerprint density at radius 3 is 0.623 bits per heavy atom. The Morgan fingerprint density at radius 1 is 0.197 bits per heavy atom. The highest BCUT2D eigenvalue weighted by Crippen LogP contribution is 2.40. The van der Waals surface area contributed by atoms with Crippen molar-refractivity contribution in [1.29, 1.82) is 0 Å². The summed E-state index contributed by atoms with van der Waals surface area (Å²) >= 11 is 0. The van der Waals surface area contributed by atoms with Crippen LogP contribution in [-0.2, 0) is 32.1 Å². The number of hydrogen-bond donors (Lipinski definition) is 0. The van der Waals surface area contributed by atoms with E-state index in [4.69, 9.17) is 4.74 Å². The van der Waals surface area contributed by atoms with Crippen LogP contribution in [0.15, 0.2) is 0 Å². The molecular formula is C60H114O. The monoisotopic (exact) mass is 851 g/mol. The van der Waals surface area contributed by atoms with Crippen LogP contribution >= 0.6 is 0 Å². The Labute approximate surface area is 386 Å². The lowest BCUT2D eigenvalue weighted by molar-refractivity contribution is 0.296. The predicted octanol–water partition coefficient (Wildman–Crippen LogP) is 21.3. The highest BCUT2D eigenvalue weighted by molar-refractivity contribution is 5.57. The van der Waals surface area contributed by atoms with Crippen LogP contribution in [0.2, 0.25) is 0 Å². The first-order valence-corrected chi connectivity index (χ1v) is 29.0. The number of rotatable bonds is 49. The van der Waals surface area contributed by atoms with Gasteiger partial charge < -0.3 is 4.74 Å². The first-order valence-electron chi connectivity index (χ1n) is 29.0. The lowest BCUT2D eigenvalue weighted by atomic mass is 9.80. The van der Waals surface area contributed by atoms with Crippen molar-refractivity contribution in [3.05, 3.63) is 27.8 Å². The quantitative estimate of drug-likeness (QED) is 0.0594. The molecule has 1 aromatic rings. The fourth-order valence-electron chi connectivity index (χ4n) is 10.1. The topological polar surface area (TPSA) is 9.23 Å². The molecule has 0 saturated carbocycles. The van der Waals surface area contributed by atoms with Crippen molar-refractivity contribution < 1.29 is 4.74 Å². The van der Waals surface area contributed by atoms with E-state index in [9.17, 15) is 0 Å². The maximum absolute atomic E-state index is 7.38. The fourth-order valence-corrected chi connectivity index (χ4v) is 10.1. The van der Waals surface area contributed by atoms with E-state index in [1.54, 1.807) is 22.3 Å². The van der Waals surface area contributed by atoms with Gasteiger partial charge in [-0.3, -0.25) is 0 Å². The van der Waals surface area contributed by atoms with E-state index >= 15 is 0 Å². The summed E-state index contributed by atoms with van der Waals surface area (Å²) in [5.41, 5.74) is 8.88. The van der Waals surface area contributed by atoms with E-state index in [1.165, 1.54) is 308 Å². The molecule has 0 unspecified atom stereocenters. The first kappa shape index (κ1) is 58.0. The molecule has 1 rings (SSSR count). The van der Waals surface area contributed by atoms with Gasteiger partial charge in [0, 0.05) is 0 Å². The molecule has 0 N–H and O–H groups in total. The molecule has 1 heteroatoms. The van der Waals surface area contributed by atoms with Gasteiger partial charge in [-0.2, -0.15) is 0 Å². The summed E-state index contributed by atoms with van der Waals surface area (Å²) in [5, 5.41) is 0.